The summed E-state index contributed by atoms with van der Waals surface area (Å²) >= 11 is 0. The largest absolute Gasteiger partial charge is 0.481 e. The summed E-state index contributed by atoms with van der Waals surface area (Å²) in [6.45, 7) is -1.000. The molecule has 0 radical (unpaired) electrons. The van der Waals surface area contributed by atoms with Crippen LogP contribution in [0.25, 0.3) is 0 Å². The number of ketones is 1. The molecular weight excluding hydrogens is 156 g/mol. The Labute approximate surface area is 61.1 Å². The quantitative estimate of drug-likeness (QED) is 0.336. The summed E-state index contributed by atoms with van der Waals surface area (Å²) in [5.41, 5.74) is 0. The number of rotatable bonds is 4. The zero-order chi connectivity index (χ0) is 9.02. The first kappa shape index (κ1) is 9.57. The fourth-order valence-electron chi connectivity index (χ4n) is 0.422. The average Bonchev–Trinajstić information content (AvgIpc) is 1.88. The Bertz CT molecular complexity index is 195. The summed E-state index contributed by atoms with van der Waals surface area (Å²) in [4.78, 5) is 30.3. The van der Waals surface area contributed by atoms with Crippen molar-refractivity contribution in [2.24, 2.45) is 5.92 Å². The number of aliphatic carboxylic acids is 2. The predicted octanol–water partition coefficient (Wildman–Crippen LogP) is -1.67. The first-order valence-electron chi connectivity index (χ1n) is 2.61. The summed E-state index contributed by atoms with van der Waals surface area (Å²) in [5, 5.41) is 24.4. The zero-order valence-corrected chi connectivity index (χ0v) is 5.35. The summed E-state index contributed by atoms with van der Waals surface area (Å²) in [5.74, 6) is -6.86. The minimum Gasteiger partial charge on any atom is -0.481 e. The lowest BCUT2D eigenvalue weighted by Gasteiger charge is -2.02. The molecule has 0 spiro atoms. The van der Waals surface area contributed by atoms with Gasteiger partial charge in [-0.3, -0.25) is 9.59 Å². The maximum absolute atomic E-state index is 10.4. The van der Waals surface area contributed by atoms with Gasteiger partial charge in [0.1, 0.15) is 5.92 Å². The molecular formula is C5H6O6. The number of hydrogen-bond acceptors (Lipinski definition) is 4. The number of aliphatic hydroxyl groups is 1. The highest BCUT2D eigenvalue weighted by molar-refractivity contribution is 6.37. The SMILES string of the molecule is O=C(O)C(=O)C(CO)C(=O)O. The minimum atomic E-state index is -1.86. The molecule has 0 aromatic carbocycles. The Kier molecular flexibility index (Phi) is 3.19. The highest BCUT2D eigenvalue weighted by Gasteiger charge is 2.30. The van der Waals surface area contributed by atoms with Crippen LogP contribution < -0.4 is 0 Å². The minimum absolute atomic E-state index is 1.000. The summed E-state index contributed by atoms with van der Waals surface area (Å²) < 4.78 is 0. The van der Waals surface area contributed by atoms with E-state index < -0.39 is 30.2 Å². The molecule has 1 atom stereocenters. The van der Waals surface area contributed by atoms with Crippen LogP contribution in [0.4, 0.5) is 0 Å². The molecule has 0 aliphatic carbocycles. The Balaban J connectivity index is 4.39. The second kappa shape index (κ2) is 3.67. The molecule has 6 nitrogen and oxygen atoms in total. The van der Waals surface area contributed by atoms with Crippen LogP contribution in [-0.2, 0) is 14.4 Å². The van der Waals surface area contributed by atoms with Gasteiger partial charge in [0.05, 0.1) is 6.61 Å². The number of aliphatic hydroxyl groups excluding tert-OH is 1. The van der Waals surface area contributed by atoms with Gasteiger partial charge >= 0.3 is 11.9 Å². The Morgan fingerprint density at radius 3 is 1.73 bits per heavy atom. The molecule has 0 aliphatic heterocycles. The van der Waals surface area contributed by atoms with Crippen LogP contribution in [-0.4, -0.2) is 39.6 Å². The van der Waals surface area contributed by atoms with Crippen LogP contribution in [0.15, 0.2) is 0 Å². The predicted molar refractivity (Wildman–Crippen MR) is 30.9 cm³/mol. The molecule has 0 heterocycles. The molecule has 6 heteroatoms. The molecule has 0 aromatic rings. The van der Waals surface area contributed by atoms with Crippen molar-refractivity contribution >= 4 is 17.7 Å². The van der Waals surface area contributed by atoms with Crippen molar-refractivity contribution in [1.82, 2.24) is 0 Å². The maximum atomic E-state index is 10.4. The van der Waals surface area contributed by atoms with E-state index in [2.05, 4.69) is 0 Å². The smallest absolute Gasteiger partial charge is 0.373 e. The maximum Gasteiger partial charge on any atom is 0.373 e. The molecule has 3 N–H and O–H groups in total. The van der Waals surface area contributed by atoms with E-state index in [-0.39, 0.29) is 0 Å². The third-order valence-corrected chi connectivity index (χ3v) is 1.01. The van der Waals surface area contributed by atoms with E-state index in [1.54, 1.807) is 0 Å². The lowest BCUT2D eigenvalue weighted by molar-refractivity contribution is -0.158. The lowest BCUT2D eigenvalue weighted by atomic mass is 10.1. The van der Waals surface area contributed by atoms with E-state index in [0.29, 0.717) is 0 Å². The van der Waals surface area contributed by atoms with E-state index in [1.165, 1.54) is 0 Å². The molecule has 11 heavy (non-hydrogen) atoms. The second-order valence-corrected chi connectivity index (χ2v) is 1.74. The van der Waals surface area contributed by atoms with Crippen LogP contribution in [0, 0.1) is 5.92 Å². The van der Waals surface area contributed by atoms with Crippen LogP contribution in [0.3, 0.4) is 0 Å². The van der Waals surface area contributed by atoms with Gasteiger partial charge in [-0.05, 0) is 0 Å². The van der Waals surface area contributed by atoms with Gasteiger partial charge in [0.15, 0.2) is 0 Å². The van der Waals surface area contributed by atoms with Crippen LogP contribution in [0.2, 0.25) is 0 Å². The Morgan fingerprint density at radius 2 is 1.64 bits per heavy atom. The van der Waals surface area contributed by atoms with Crippen molar-refractivity contribution in [1.29, 1.82) is 0 Å². The summed E-state index contributed by atoms with van der Waals surface area (Å²) in [6.07, 6.45) is 0. The highest BCUT2D eigenvalue weighted by Crippen LogP contribution is 1.96. The van der Waals surface area contributed by atoms with Crippen molar-refractivity contribution in [3.63, 3.8) is 0 Å². The van der Waals surface area contributed by atoms with Gasteiger partial charge in [-0.1, -0.05) is 0 Å². The van der Waals surface area contributed by atoms with Crippen molar-refractivity contribution in [3.05, 3.63) is 0 Å². The molecule has 0 rings (SSSR count). The highest BCUT2D eigenvalue weighted by atomic mass is 16.4. The average molecular weight is 162 g/mol. The van der Waals surface area contributed by atoms with E-state index in [0.717, 1.165) is 0 Å². The molecule has 0 aromatic heterocycles. The molecule has 0 saturated heterocycles. The van der Waals surface area contributed by atoms with Gasteiger partial charge in [0.2, 0.25) is 0 Å². The number of carbonyl (C=O) groups excluding carboxylic acids is 1. The number of Topliss-reactive ketones (excluding diaryl/α,β-unsaturated/α-hetero) is 1. The summed E-state index contributed by atoms with van der Waals surface area (Å²) in [6, 6.07) is 0. The third-order valence-electron chi connectivity index (χ3n) is 1.01. The Morgan fingerprint density at radius 1 is 1.18 bits per heavy atom. The van der Waals surface area contributed by atoms with Crippen molar-refractivity contribution in [2.75, 3.05) is 6.61 Å². The Hall–Kier alpha value is -1.43. The standard InChI is InChI=1S/C5H6O6/c6-1-2(4(8)9)3(7)5(10)11/h2,6H,1H2,(H,8,9)(H,10,11). The fourth-order valence-corrected chi connectivity index (χ4v) is 0.422. The monoisotopic (exact) mass is 162 g/mol. The first-order chi connectivity index (χ1) is 5.00. The van der Waals surface area contributed by atoms with E-state index >= 15 is 0 Å². The molecule has 0 saturated carbocycles. The third kappa shape index (κ3) is 2.34. The van der Waals surface area contributed by atoms with Crippen LogP contribution in [0.5, 0.6) is 0 Å². The van der Waals surface area contributed by atoms with E-state index in [9.17, 15) is 14.4 Å². The van der Waals surface area contributed by atoms with E-state index in [4.69, 9.17) is 15.3 Å². The van der Waals surface area contributed by atoms with Crippen LogP contribution in [0.1, 0.15) is 0 Å². The van der Waals surface area contributed by atoms with Gasteiger partial charge in [-0.15, -0.1) is 0 Å². The van der Waals surface area contributed by atoms with Gasteiger partial charge in [0, 0.05) is 0 Å². The van der Waals surface area contributed by atoms with Crippen molar-refractivity contribution in [3.8, 4) is 0 Å². The second-order valence-electron chi connectivity index (χ2n) is 1.74. The zero-order valence-electron chi connectivity index (χ0n) is 5.35. The molecule has 62 valence electrons. The number of carboxylic acid groups (broad SMARTS) is 2. The number of carbonyl (C=O) groups is 3. The normalized spacial score (nSPS) is 12.1. The number of carboxylic acids is 2. The molecule has 1 unspecified atom stereocenters. The topological polar surface area (TPSA) is 112 Å². The van der Waals surface area contributed by atoms with Gasteiger partial charge < -0.3 is 15.3 Å². The molecule has 0 aliphatic rings. The molecule has 0 fully saturated rings. The van der Waals surface area contributed by atoms with Crippen LogP contribution >= 0.6 is 0 Å². The first-order valence-corrected chi connectivity index (χ1v) is 2.61. The van der Waals surface area contributed by atoms with E-state index in [1.807, 2.05) is 0 Å². The summed E-state index contributed by atoms with van der Waals surface area (Å²) in [7, 11) is 0. The fraction of sp³-hybridized carbons (Fsp3) is 0.400. The number of hydrogen-bond donors (Lipinski definition) is 3. The van der Waals surface area contributed by atoms with Gasteiger partial charge in [-0.25, -0.2) is 4.79 Å². The molecule has 0 amide bonds. The van der Waals surface area contributed by atoms with Crippen molar-refractivity contribution < 1.29 is 29.7 Å². The molecule has 0 bridgehead atoms. The van der Waals surface area contributed by atoms with Gasteiger partial charge in [0.25, 0.3) is 5.78 Å². The van der Waals surface area contributed by atoms with Crippen molar-refractivity contribution in [2.45, 2.75) is 0 Å². The van der Waals surface area contributed by atoms with Gasteiger partial charge in [-0.2, -0.15) is 0 Å². The lowest BCUT2D eigenvalue weighted by Crippen LogP contribution is -2.32.